The minimum Gasteiger partial charge on any atom is -0.493 e. The van der Waals surface area contributed by atoms with Crippen molar-refractivity contribution in [2.75, 3.05) is 13.2 Å². The van der Waals surface area contributed by atoms with Gasteiger partial charge in [0.05, 0.1) is 12.2 Å². The maximum Gasteiger partial charge on any atom is 0.197 e. The monoisotopic (exact) mass is 283 g/mol. The summed E-state index contributed by atoms with van der Waals surface area (Å²) in [5.41, 5.74) is 7.92. The Balaban J connectivity index is 2.36. The van der Waals surface area contributed by atoms with Crippen molar-refractivity contribution in [2.24, 2.45) is 5.73 Å². The highest BCUT2D eigenvalue weighted by molar-refractivity contribution is 6.11. The van der Waals surface area contributed by atoms with Gasteiger partial charge in [-0.05, 0) is 37.1 Å². The molecule has 0 heterocycles. The van der Waals surface area contributed by atoms with Crippen LogP contribution < -0.4 is 10.5 Å². The average molecular weight is 283 g/mol. The summed E-state index contributed by atoms with van der Waals surface area (Å²) in [5.74, 6) is 0.637. The second-order valence-corrected chi connectivity index (χ2v) is 4.87. The summed E-state index contributed by atoms with van der Waals surface area (Å²) in [6.45, 7) is 3.17. The van der Waals surface area contributed by atoms with Crippen LogP contribution in [-0.2, 0) is 6.42 Å². The number of ketones is 1. The van der Waals surface area contributed by atoms with Crippen LogP contribution in [-0.4, -0.2) is 18.9 Å². The van der Waals surface area contributed by atoms with Gasteiger partial charge in [-0.25, -0.2) is 0 Å². The topological polar surface area (TPSA) is 52.3 Å². The zero-order chi connectivity index (χ0) is 15.1. The predicted octanol–water partition coefficient (Wildman–Crippen LogP) is 3.21. The highest BCUT2D eigenvalue weighted by atomic mass is 16.5. The van der Waals surface area contributed by atoms with Gasteiger partial charge in [-0.1, -0.05) is 43.3 Å². The molecule has 3 heteroatoms. The lowest BCUT2D eigenvalue weighted by Gasteiger charge is -2.12. The SMILES string of the molecule is CCCOc1ccccc1C(=O)c1ccccc1CCN. The third-order valence-electron chi connectivity index (χ3n) is 3.27. The van der Waals surface area contributed by atoms with Gasteiger partial charge in [0, 0.05) is 5.56 Å². The molecule has 0 spiro atoms. The molecule has 0 saturated heterocycles. The quantitative estimate of drug-likeness (QED) is 0.794. The van der Waals surface area contributed by atoms with Crippen molar-refractivity contribution in [1.82, 2.24) is 0 Å². The Morgan fingerprint density at radius 1 is 1.05 bits per heavy atom. The zero-order valence-electron chi connectivity index (χ0n) is 12.3. The second-order valence-electron chi connectivity index (χ2n) is 4.87. The molecule has 0 bridgehead atoms. The van der Waals surface area contributed by atoms with Gasteiger partial charge in [0.15, 0.2) is 5.78 Å². The van der Waals surface area contributed by atoms with Gasteiger partial charge in [-0.15, -0.1) is 0 Å². The molecule has 2 aromatic carbocycles. The molecule has 2 aromatic rings. The summed E-state index contributed by atoms with van der Waals surface area (Å²) in [6, 6.07) is 15.0. The summed E-state index contributed by atoms with van der Waals surface area (Å²) in [5, 5.41) is 0. The molecule has 3 nitrogen and oxygen atoms in total. The Morgan fingerprint density at radius 3 is 2.43 bits per heavy atom. The van der Waals surface area contributed by atoms with Gasteiger partial charge < -0.3 is 10.5 Å². The van der Waals surface area contributed by atoms with Gasteiger partial charge in [-0.3, -0.25) is 4.79 Å². The van der Waals surface area contributed by atoms with Gasteiger partial charge in [0.25, 0.3) is 0 Å². The Hall–Kier alpha value is -2.13. The molecule has 0 unspecified atom stereocenters. The van der Waals surface area contributed by atoms with Gasteiger partial charge in [-0.2, -0.15) is 0 Å². The van der Waals surface area contributed by atoms with Gasteiger partial charge >= 0.3 is 0 Å². The minimum atomic E-state index is -0.00856. The van der Waals surface area contributed by atoms with Crippen LogP contribution in [0.5, 0.6) is 5.75 Å². The van der Waals surface area contributed by atoms with Crippen molar-refractivity contribution >= 4 is 5.78 Å². The van der Waals surface area contributed by atoms with E-state index in [1.807, 2.05) is 55.5 Å². The Labute approximate surface area is 125 Å². The number of benzene rings is 2. The molecule has 0 aromatic heterocycles. The lowest BCUT2D eigenvalue weighted by atomic mass is 9.96. The van der Waals surface area contributed by atoms with E-state index in [1.54, 1.807) is 0 Å². The van der Waals surface area contributed by atoms with Gasteiger partial charge in [0.1, 0.15) is 5.75 Å². The molecule has 110 valence electrons. The fraction of sp³-hybridized carbons (Fsp3) is 0.278. The molecular weight excluding hydrogens is 262 g/mol. The fourth-order valence-corrected chi connectivity index (χ4v) is 2.25. The molecule has 0 amide bonds. The number of hydrogen-bond donors (Lipinski definition) is 1. The molecule has 0 aliphatic rings. The number of carbonyl (C=O) groups is 1. The highest BCUT2D eigenvalue weighted by Crippen LogP contribution is 2.23. The maximum atomic E-state index is 12.8. The van der Waals surface area contributed by atoms with E-state index in [2.05, 4.69) is 0 Å². The number of rotatable bonds is 7. The van der Waals surface area contributed by atoms with E-state index < -0.39 is 0 Å². The summed E-state index contributed by atoms with van der Waals surface area (Å²) < 4.78 is 5.68. The van der Waals surface area contributed by atoms with E-state index in [1.165, 1.54) is 0 Å². The van der Waals surface area contributed by atoms with E-state index in [-0.39, 0.29) is 5.78 Å². The molecule has 0 aliphatic heterocycles. The van der Waals surface area contributed by atoms with Crippen molar-refractivity contribution in [3.8, 4) is 5.75 Å². The summed E-state index contributed by atoms with van der Waals surface area (Å²) in [7, 11) is 0. The van der Waals surface area contributed by atoms with Gasteiger partial charge in [0.2, 0.25) is 0 Å². The number of hydrogen-bond acceptors (Lipinski definition) is 3. The molecular formula is C18H21NO2. The van der Waals surface area contributed by atoms with Crippen molar-refractivity contribution in [1.29, 1.82) is 0 Å². The van der Waals surface area contributed by atoms with Crippen LogP contribution in [0.15, 0.2) is 48.5 Å². The van der Waals surface area contributed by atoms with E-state index in [9.17, 15) is 4.79 Å². The Kier molecular flexibility index (Phi) is 5.52. The van der Waals surface area contributed by atoms with Crippen LogP contribution in [0, 0.1) is 0 Å². The maximum absolute atomic E-state index is 12.8. The zero-order valence-corrected chi connectivity index (χ0v) is 12.3. The predicted molar refractivity (Wildman–Crippen MR) is 84.9 cm³/mol. The lowest BCUT2D eigenvalue weighted by molar-refractivity contribution is 0.103. The Morgan fingerprint density at radius 2 is 1.71 bits per heavy atom. The summed E-state index contributed by atoms with van der Waals surface area (Å²) in [6.07, 6.45) is 1.60. The van der Waals surface area contributed by atoms with Crippen LogP contribution in [0.4, 0.5) is 0 Å². The molecule has 21 heavy (non-hydrogen) atoms. The van der Waals surface area contributed by atoms with E-state index in [0.717, 1.165) is 12.0 Å². The largest absolute Gasteiger partial charge is 0.493 e. The Bertz CT molecular complexity index is 608. The van der Waals surface area contributed by atoms with Crippen molar-refractivity contribution in [2.45, 2.75) is 19.8 Å². The smallest absolute Gasteiger partial charge is 0.197 e. The van der Waals surface area contributed by atoms with Crippen molar-refractivity contribution in [3.05, 3.63) is 65.2 Å². The van der Waals surface area contributed by atoms with Crippen LogP contribution in [0.1, 0.15) is 34.8 Å². The molecule has 0 radical (unpaired) electrons. The number of carbonyl (C=O) groups excluding carboxylic acids is 1. The molecule has 0 fully saturated rings. The lowest BCUT2D eigenvalue weighted by Crippen LogP contribution is -2.11. The van der Waals surface area contributed by atoms with Crippen LogP contribution in [0.3, 0.4) is 0 Å². The standard InChI is InChI=1S/C18H21NO2/c1-2-13-21-17-10-6-5-9-16(17)18(20)15-8-4-3-7-14(15)11-12-19/h3-10H,2,11-13,19H2,1H3. The van der Waals surface area contributed by atoms with Crippen LogP contribution in [0.25, 0.3) is 0 Å². The second kappa shape index (κ2) is 7.60. The molecule has 2 N–H and O–H groups in total. The average Bonchev–Trinajstić information content (AvgIpc) is 2.53. The molecule has 0 atom stereocenters. The first-order valence-electron chi connectivity index (χ1n) is 7.32. The number of para-hydroxylation sites is 1. The van der Waals surface area contributed by atoms with E-state index in [0.29, 0.717) is 36.4 Å². The fourth-order valence-electron chi connectivity index (χ4n) is 2.25. The van der Waals surface area contributed by atoms with Crippen molar-refractivity contribution in [3.63, 3.8) is 0 Å². The summed E-state index contributed by atoms with van der Waals surface area (Å²) >= 11 is 0. The van der Waals surface area contributed by atoms with E-state index in [4.69, 9.17) is 10.5 Å². The number of ether oxygens (including phenoxy) is 1. The first kappa shape index (κ1) is 15.3. The molecule has 0 saturated carbocycles. The third kappa shape index (κ3) is 3.70. The van der Waals surface area contributed by atoms with Crippen LogP contribution in [0.2, 0.25) is 0 Å². The molecule has 2 rings (SSSR count). The van der Waals surface area contributed by atoms with Crippen molar-refractivity contribution < 1.29 is 9.53 Å². The first-order valence-corrected chi connectivity index (χ1v) is 7.32. The normalized spacial score (nSPS) is 10.4. The highest BCUT2D eigenvalue weighted by Gasteiger charge is 2.16. The summed E-state index contributed by atoms with van der Waals surface area (Å²) in [4.78, 5) is 12.8. The first-order chi connectivity index (χ1) is 10.3. The third-order valence-corrected chi connectivity index (χ3v) is 3.27. The molecule has 0 aliphatic carbocycles. The van der Waals surface area contributed by atoms with Crippen LogP contribution >= 0.6 is 0 Å². The minimum absolute atomic E-state index is 0.00856. The number of nitrogens with two attached hydrogens (primary N) is 1. The van der Waals surface area contributed by atoms with E-state index >= 15 is 0 Å².